The molecule has 4 rings (SSSR count). The van der Waals surface area contributed by atoms with Gasteiger partial charge in [0.25, 0.3) is 11.1 Å². The third-order valence-electron chi connectivity index (χ3n) is 4.40. The fraction of sp³-hybridized carbons (Fsp3) is 0.0909. The van der Waals surface area contributed by atoms with Crippen LogP contribution in [0.1, 0.15) is 16.9 Å². The molecule has 0 aliphatic carbocycles. The van der Waals surface area contributed by atoms with E-state index in [1.807, 2.05) is 31.2 Å². The zero-order valence-electron chi connectivity index (χ0n) is 15.3. The molecule has 1 aromatic heterocycles. The van der Waals surface area contributed by atoms with E-state index in [1.165, 1.54) is 4.90 Å². The summed E-state index contributed by atoms with van der Waals surface area (Å²) in [6, 6.07) is 16.5. The fourth-order valence-corrected chi connectivity index (χ4v) is 4.11. The second kappa shape index (κ2) is 8.11. The molecule has 146 valence electrons. The summed E-state index contributed by atoms with van der Waals surface area (Å²) in [7, 11) is 0. The minimum absolute atomic E-state index is 0.246. The Morgan fingerprint density at radius 1 is 1.03 bits per heavy atom. The Labute approximate surface area is 182 Å². The molecule has 0 unspecified atom stereocenters. The van der Waals surface area contributed by atoms with Crippen molar-refractivity contribution in [1.82, 2.24) is 4.90 Å². The molecule has 0 N–H and O–H groups in total. The lowest BCUT2D eigenvalue weighted by Crippen LogP contribution is -2.27. The first-order valence-corrected chi connectivity index (χ1v) is 10.3. The van der Waals surface area contributed by atoms with Gasteiger partial charge in [-0.25, -0.2) is 0 Å². The second-order valence-corrected chi connectivity index (χ2v) is 8.40. The molecule has 1 saturated heterocycles. The van der Waals surface area contributed by atoms with E-state index < -0.39 is 0 Å². The monoisotopic (exact) mass is 443 g/mol. The number of benzene rings is 2. The SMILES string of the molecule is Cc1cccc(CN2C(=O)S/C(=C\c3ccc(-c4ccc(Cl)c(Cl)c4)o3)C2=O)c1. The quantitative estimate of drug-likeness (QED) is 0.416. The van der Waals surface area contributed by atoms with Crippen LogP contribution in [0.2, 0.25) is 10.0 Å². The van der Waals surface area contributed by atoms with Gasteiger partial charge in [-0.15, -0.1) is 0 Å². The Bertz CT molecular complexity index is 1150. The van der Waals surface area contributed by atoms with Gasteiger partial charge in [-0.05, 0) is 54.6 Å². The molecule has 2 aromatic carbocycles. The van der Waals surface area contributed by atoms with E-state index in [1.54, 1.807) is 36.4 Å². The van der Waals surface area contributed by atoms with Crippen molar-refractivity contribution in [2.45, 2.75) is 13.5 Å². The molecule has 29 heavy (non-hydrogen) atoms. The van der Waals surface area contributed by atoms with Gasteiger partial charge in [0.05, 0.1) is 21.5 Å². The summed E-state index contributed by atoms with van der Waals surface area (Å²) in [4.78, 5) is 26.6. The van der Waals surface area contributed by atoms with Crippen LogP contribution in [-0.4, -0.2) is 16.0 Å². The number of hydrogen-bond acceptors (Lipinski definition) is 4. The van der Waals surface area contributed by atoms with E-state index in [0.717, 1.165) is 28.5 Å². The van der Waals surface area contributed by atoms with Crippen molar-refractivity contribution in [3.8, 4) is 11.3 Å². The van der Waals surface area contributed by atoms with Gasteiger partial charge in [0, 0.05) is 11.6 Å². The molecule has 2 heterocycles. The molecule has 0 saturated carbocycles. The van der Waals surface area contributed by atoms with Crippen LogP contribution < -0.4 is 0 Å². The van der Waals surface area contributed by atoms with Gasteiger partial charge in [-0.3, -0.25) is 14.5 Å². The van der Waals surface area contributed by atoms with Gasteiger partial charge in [0.2, 0.25) is 0 Å². The Morgan fingerprint density at radius 2 is 1.86 bits per heavy atom. The first-order valence-electron chi connectivity index (χ1n) is 8.77. The standard InChI is InChI=1S/C22H15Cl2NO3S/c1-13-3-2-4-14(9-13)12-25-21(26)20(29-22(25)27)11-16-6-8-19(28-16)15-5-7-17(23)18(24)10-15/h2-11H,12H2,1H3/b20-11-. The van der Waals surface area contributed by atoms with E-state index in [4.69, 9.17) is 27.6 Å². The van der Waals surface area contributed by atoms with Crippen molar-refractivity contribution in [3.05, 3.63) is 86.4 Å². The summed E-state index contributed by atoms with van der Waals surface area (Å²) in [6.45, 7) is 2.22. The van der Waals surface area contributed by atoms with Crippen LogP contribution in [0.3, 0.4) is 0 Å². The molecule has 7 heteroatoms. The first kappa shape index (κ1) is 19.8. The van der Waals surface area contributed by atoms with Gasteiger partial charge in [0.1, 0.15) is 11.5 Å². The second-order valence-electron chi connectivity index (χ2n) is 6.59. The highest BCUT2D eigenvalue weighted by Crippen LogP contribution is 2.35. The van der Waals surface area contributed by atoms with Gasteiger partial charge in [-0.1, -0.05) is 53.0 Å². The van der Waals surface area contributed by atoms with E-state index >= 15 is 0 Å². The van der Waals surface area contributed by atoms with Crippen molar-refractivity contribution in [3.63, 3.8) is 0 Å². The van der Waals surface area contributed by atoms with Crippen LogP contribution in [0.15, 0.2) is 63.9 Å². The Hall–Kier alpha value is -2.47. The zero-order valence-corrected chi connectivity index (χ0v) is 17.6. The minimum Gasteiger partial charge on any atom is -0.457 e. The predicted molar refractivity (Wildman–Crippen MR) is 117 cm³/mol. The zero-order chi connectivity index (χ0) is 20.5. The average Bonchev–Trinajstić information content (AvgIpc) is 3.25. The van der Waals surface area contributed by atoms with Crippen molar-refractivity contribution < 1.29 is 14.0 Å². The summed E-state index contributed by atoms with van der Waals surface area (Å²) in [5.74, 6) is 0.745. The molecule has 1 aliphatic rings. The van der Waals surface area contributed by atoms with Crippen LogP contribution in [0, 0.1) is 6.92 Å². The van der Waals surface area contributed by atoms with Gasteiger partial charge < -0.3 is 4.42 Å². The van der Waals surface area contributed by atoms with Crippen LogP contribution in [0.25, 0.3) is 17.4 Å². The number of furan rings is 1. The largest absolute Gasteiger partial charge is 0.457 e. The number of thioether (sulfide) groups is 1. The number of nitrogens with zero attached hydrogens (tertiary/aromatic N) is 1. The van der Waals surface area contributed by atoms with Crippen molar-refractivity contribution in [2.24, 2.45) is 0 Å². The van der Waals surface area contributed by atoms with E-state index in [0.29, 0.717) is 26.5 Å². The topological polar surface area (TPSA) is 50.5 Å². The molecule has 0 atom stereocenters. The highest BCUT2D eigenvalue weighted by atomic mass is 35.5. The highest BCUT2D eigenvalue weighted by molar-refractivity contribution is 8.18. The maximum Gasteiger partial charge on any atom is 0.293 e. The minimum atomic E-state index is -0.325. The number of aryl methyl sites for hydroxylation is 1. The van der Waals surface area contributed by atoms with Crippen LogP contribution in [0.4, 0.5) is 4.79 Å². The van der Waals surface area contributed by atoms with Gasteiger partial charge >= 0.3 is 0 Å². The lowest BCUT2D eigenvalue weighted by atomic mass is 10.1. The number of hydrogen-bond donors (Lipinski definition) is 0. The van der Waals surface area contributed by atoms with Gasteiger partial charge in [-0.2, -0.15) is 0 Å². The molecule has 0 radical (unpaired) electrons. The first-order chi connectivity index (χ1) is 13.9. The average molecular weight is 444 g/mol. The van der Waals surface area contributed by atoms with E-state index in [9.17, 15) is 9.59 Å². The lowest BCUT2D eigenvalue weighted by Gasteiger charge is -2.12. The van der Waals surface area contributed by atoms with Crippen molar-refractivity contribution in [2.75, 3.05) is 0 Å². The molecule has 3 aromatic rings. The maximum atomic E-state index is 12.7. The number of rotatable bonds is 4. The maximum absolute atomic E-state index is 12.7. The smallest absolute Gasteiger partial charge is 0.293 e. The molecule has 0 spiro atoms. The van der Waals surface area contributed by atoms with E-state index in [2.05, 4.69) is 0 Å². The third-order valence-corrected chi connectivity index (χ3v) is 6.05. The normalized spacial score (nSPS) is 15.6. The van der Waals surface area contributed by atoms with Crippen molar-refractivity contribution in [1.29, 1.82) is 0 Å². The predicted octanol–water partition coefficient (Wildman–Crippen LogP) is 6.80. The van der Waals surface area contributed by atoms with E-state index in [-0.39, 0.29) is 17.7 Å². The van der Waals surface area contributed by atoms with Crippen LogP contribution >= 0.6 is 35.0 Å². The van der Waals surface area contributed by atoms with Crippen LogP contribution in [-0.2, 0) is 11.3 Å². The molecule has 1 aliphatic heterocycles. The number of amides is 2. The number of imide groups is 1. The summed E-state index contributed by atoms with van der Waals surface area (Å²) in [5.41, 5.74) is 2.76. The molecule has 0 bridgehead atoms. The Balaban J connectivity index is 1.54. The van der Waals surface area contributed by atoms with Crippen LogP contribution in [0.5, 0.6) is 0 Å². The highest BCUT2D eigenvalue weighted by Gasteiger charge is 2.35. The molecule has 2 amide bonds. The lowest BCUT2D eigenvalue weighted by molar-refractivity contribution is -0.123. The Morgan fingerprint density at radius 3 is 2.62 bits per heavy atom. The summed E-state index contributed by atoms with van der Waals surface area (Å²) >= 11 is 12.9. The summed E-state index contributed by atoms with van der Waals surface area (Å²) < 4.78 is 5.81. The van der Waals surface area contributed by atoms with Crippen molar-refractivity contribution >= 4 is 52.2 Å². The fourth-order valence-electron chi connectivity index (χ4n) is 2.99. The molecule has 1 fully saturated rings. The number of halogens is 2. The third kappa shape index (κ3) is 4.27. The number of carbonyl (C=O) groups is 2. The summed E-state index contributed by atoms with van der Waals surface area (Å²) in [5, 5.41) is 0.600. The summed E-state index contributed by atoms with van der Waals surface area (Å²) in [6.07, 6.45) is 1.59. The number of carbonyl (C=O) groups excluding carboxylic acids is 2. The molecular weight excluding hydrogens is 429 g/mol. The molecule has 4 nitrogen and oxygen atoms in total. The molecular formula is C22H15Cl2NO3S. The van der Waals surface area contributed by atoms with Gasteiger partial charge in [0.15, 0.2) is 0 Å². The Kier molecular flexibility index (Phi) is 5.54.